The lowest BCUT2D eigenvalue weighted by Crippen LogP contribution is -2.41. The van der Waals surface area contributed by atoms with Crippen molar-refractivity contribution < 1.29 is 19.1 Å². The second-order valence-corrected chi connectivity index (χ2v) is 11.6. The summed E-state index contributed by atoms with van der Waals surface area (Å²) in [7, 11) is -1.42. The number of rotatable bonds is 1. The predicted molar refractivity (Wildman–Crippen MR) is 90.9 cm³/mol. The van der Waals surface area contributed by atoms with Gasteiger partial charge in [-0.2, -0.15) is 0 Å². The van der Waals surface area contributed by atoms with Crippen LogP contribution in [0.15, 0.2) is 29.8 Å². The summed E-state index contributed by atoms with van der Waals surface area (Å²) < 4.78 is 10.1. The van der Waals surface area contributed by atoms with E-state index in [4.69, 9.17) is 9.47 Å². The Morgan fingerprint density at radius 2 is 1.52 bits per heavy atom. The van der Waals surface area contributed by atoms with Gasteiger partial charge >= 0.3 is 11.9 Å². The molecule has 1 aromatic carbocycles. The molecule has 1 fully saturated rings. The molecule has 0 bridgehead atoms. The van der Waals surface area contributed by atoms with E-state index in [0.29, 0.717) is 5.56 Å². The first-order valence-electron chi connectivity index (χ1n) is 7.37. The Kier molecular flexibility index (Phi) is 4.48. The van der Waals surface area contributed by atoms with Crippen molar-refractivity contribution in [2.24, 2.45) is 0 Å². The third-order valence-corrected chi connectivity index (χ3v) is 3.80. The van der Waals surface area contributed by atoms with Crippen LogP contribution in [0.5, 0.6) is 0 Å². The van der Waals surface area contributed by atoms with E-state index < -0.39 is 25.8 Å². The highest BCUT2D eigenvalue weighted by molar-refractivity contribution is 6.83. The van der Waals surface area contributed by atoms with Crippen molar-refractivity contribution in [2.75, 3.05) is 0 Å². The number of esters is 2. The van der Waals surface area contributed by atoms with Crippen LogP contribution >= 0.6 is 0 Å². The lowest BCUT2D eigenvalue weighted by atomic mass is 10.1. The molecule has 4 nitrogen and oxygen atoms in total. The normalized spacial score (nSPS) is 16.8. The standard InChI is InChI=1S/C18H20O4Si/c1-18(2)21-16(19)15(17(20)22-18)12-14-8-6-13(7-9-14)10-11-23(3,4)5/h6-9,12H,1-5H3. The molecule has 0 saturated carbocycles. The number of hydrogen-bond acceptors (Lipinski definition) is 4. The second-order valence-electron chi connectivity index (χ2n) is 6.86. The van der Waals surface area contributed by atoms with E-state index in [1.165, 1.54) is 19.9 Å². The summed E-state index contributed by atoms with van der Waals surface area (Å²) in [5.41, 5.74) is 4.80. The number of hydrogen-bond donors (Lipinski definition) is 0. The van der Waals surface area contributed by atoms with E-state index in [2.05, 4.69) is 31.1 Å². The highest BCUT2D eigenvalue weighted by atomic mass is 28.3. The fourth-order valence-electron chi connectivity index (χ4n) is 1.87. The largest absolute Gasteiger partial charge is 0.419 e. The summed E-state index contributed by atoms with van der Waals surface area (Å²) >= 11 is 0. The van der Waals surface area contributed by atoms with Gasteiger partial charge in [-0.25, -0.2) is 9.59 Å². The van der Waals surface area contributed by atoms with Crippen LogP contribution in [0.25, 0.3) is 6.08 Å². The lowest BCUT2D eigenvalue weighted by molar-refractivity contribution is -0.222. The van der Waals surface area contributed by atoms with Crippen LogP contribution in [0.3, 0.4) is 0 Å². The number of carbonyl (C=O) groups excluding carboxylic acids is 2. The van der Waals surface area contributed by atoms with Crippen LogP contribution in [0.4, 0.5) is 0 Å². The lowest BCUT2D eigenvalue weighted by Gasteiger charge is -2.29. The molecule has 1 aliphatic rings. The topological polar surface area (TPSA) is 52.6 Å². The third kappa shape index (κ3) is 4.83. The molecular formula is C18H20O4Si. The van der Waals surface area contributed by atoms with E-state index in [1.807, 2.05) is 24.3 Å². The summed E-state index contributed by atoms with van der Waals surface area (Å²) in [5.74, 6) is 0.586. The van der Waals surface area contributed by atoms with Gasteiger partial charge in [0, 0.05) is 19.4 Å². The molecule has 1 aliphatic heterocycles. The Hall–Kier alpha value is -2.32. The third-order valence-electron chi connectivity index (χ3n) is 2.92. The maximum absolute atomic E-state index is 11.9. The van der Waals surface area contributed by atoms with Gasteiger partial charge in [0.05, 0.1) is 0 Å². The molecular weight excluding hydrogens is 308 g/mol. The number of carbonyl (C=O) groups is 2. The molecule has 2 rings (SSSR count). The fraction of sp³-hybridized carbons (Fsp3) is 0.333. The van der Waals surface area contributed by atoms with E-state index in [9.17, 15) is 9.59 Å². The molecule has 120 valence electrons. The minimum absolute atomic E-state index is 0.106. The van der Waals surface area contributed by atoms with E-state index in [1.54, 1.807) is 0 Å². The zero-order chi connectivity index (χ0) is 17.3. The van der Waals surface area contributed by atoms with Crippen molar-refractivity contribution >= 4 is 26.1 Å². The van der Waals surface area contributed by atoms with Crippen molar-refractivity contribution in [3.63, 3.8) is 0 Å². The molecule has 1 heterocycles. The van der Waals surface area contributed by atoms with Gasteiger partial charge in [0.25, 0.3) is 5.79 Å². The first kappa shape index (κ1) is 17.0. The van der Waals surface area contributed by atoms with Gasteiger partial charge in [0.1, 0.15) is 13.6 Å². The maximum Gasteiger partial charge on any atom is 0.348 e. The Morgan fingerprint density at radius 1 is 1.00 bits per heavy atom. The molecule has 0 amide bonds. The van der Waals surface area contributed by atoms with Gasteiger partial charge in [0.2, 0.25) is 0 Å². The molecule has 0 unspecified atom stereocenters. The van der Waals surface area contributed by atoms with Crippen LogP contribution in [0.1, 0.15) is 25.0 Å². The van der Waals surface area contributed by atoms with Gasteiger partial charge < -0.3 is 9.47 Å². The molecule has 1 aromatic rings. The van der Waals surface area contributed by atoms with E-state index >= 15 is 0 Å². The minimum Gasteiger partial charge on any atom is -0.419 e. The zero-order valence-corrected chi connectivity index (χ0v) is 15.0. The van der Waals surface area contributed by atoms with Crippen LogP contribution in [0, 0.1) is 11.5 Å². The number of benzene rings is 1. The Labute approximate surface area is 137 Å². The summed E-state index contributed by atoms with van der Waals surface area (Å²) in [4.78, 5) is 23.8. The highest BCUT2D eigenvalue weighted by Crippen LogP contribution is 2.24. The van der Waals surface area contributed by atoms with Crippen LogP contribution in [0.2, 0.25) is 19.6 Å². The summed E-state index contributed by atoms with van der Waals surface area (Å²) in [6.07, 6.45) is 1.47. The van der Waals surface area contributed by atoms with E-state index in [0.717, 1.165) is 5.56 Å². The van der Waals surface area contributed by atoms with Gasteiger partial charge in [-0.05, 0) is 23.8 Å². The molecule has 23 heavy (non-hydrogen) atoms. The van der Waals surface area contributed by atoms with Crippen molar-refractivity contribution in [3.05, 3.63) is 41.0 Å². The van der Waals surface area contributed by atoms with Crippen molar-refractivity contribution in [1.82, 2.24) is 0 Å². The van der Waals surface area contributed by atoms with Crippen molar-refractivity contribution in [2.45, 2.75) is 39.3 Å². The Morgan fingerprint density at radius 3 is 2.00 bits per heavy atom. The molecule has 0 aromatic heterocycles. The smallest absolute Gasteiger partial charge is 0.348 e. The quantitative estimate of drug-likeness (QED) is 0.261. The van der Waals surface area contributed by atoms with E-state index in [-0.39, 0.29) is 5.57 Å². The predicted octanol–water partition coefficient (Wildman–Crippen LogP) is 3.14. The summed E-state index contributed by atoms with van der Waals surface area (Å²) in [5, 5.41) is 0. The maximum atomic E-state index is 11.9. The van der Waals surface area contributed by atoms with Crippen LogP contribution in [-0.4, -0.2) is 25.8 Å². The van der Waals surface area contributed by atoms with Crippen LogP contribution < -0.4 is 0 Å². The summed E-state index contributed by atoms with van der Waals surface area (Å²) in [6, 6.07) is 7.34. The fourth-order valence-corrected chi connectivity index (χ4v) is 2.39. The zero-order valence-electron chi connectivity index (χ0n) is 14.0. The SMILES string of the molecule is CC1(C)OC(=O)C(=Cc2ccc(C#C[Si](C)(C)C)cc2)C(=O)O1. The van der Waals surface area contributed by atoms with Gasteiger partial charge in [0.15, 0.2) is 0 Å². The first-order chi connectivity index (χ1) is 10.6. The second kappa shape index (κ2) is 6.05. The Bertz CT molecular complexity index is 703. The van der Waals surface area contributed by atoms with Crippen molar-refractivity contribution in [1.29, 1.82) is 0 Å². The van der Waals surface area contributed by atoms with Gasteiger partial charge in [-0.1, -0.05) is 37.7 Å². The molecule has 1 saturated heterocycles. The number of cyclic esters (lactones) is 2. The number of ether oxygens (including phenoxy) is 2. The summed E-state index contributed by atoms with van der Waals surface area (Å²) in [6.45, 7) is 9.58. The first-order valence-corrected chi connectivity index (χ1v) is 10.9. The Balaban J connectivity index is 2.22. The molecule has 0 aliphatic carbocycles. The molecule has 0 spiro atoms. The highest BCUT2D eigenvalue weighted by Gasteiger charge is 2.38. The minimum atomic E-state index is -1.42. The molecule has 5 heteroatoms. The van der Waals surface area contributed by atoms with Gasteiger partial charge in [-0.3, -0.25) is 0 Å². The average molecular weight is 328 g/mol. The molecule has 0 atom stereocenters. The van der Waals surface area contributed by atoms with Gasteiger partial charge in [-0.15, -0.1) is 5.54 Å². The van der Waals surface area contributed by atoms with Crippen molar-refractivity contribution in [3.8, 4) is 11.5 Å². The van der Waals surface area contributed by atoms with Crippen LogP contribution in [-0.2, 0) is 19.1 Å². The molecule has 0 N–H and O–H groups in total. The average Bonchev–Trinajstić information content (AvgIpc) is 2.40. The molecule has 0 radical (unpaired) electrons. The monoisotopic (exact) mass is 328 g/mol.